The molecule has 0 fully saturated rings. The second-order valence-corrected chi connectivity index (χ2v) is 6.42. The van der Waals surface area contributed by atoms with Crippen molar-refractivity contribution >= 4 is 11.6 Å². The maximum Gasteiger partial charge on any atom is 0.175 e. The highest BCUT2D eigenvalue weighted by Gasteiger charge is 2.35. The van der Waals surface area contributed by atoms with E-state index in [9.17, 15) is 4.79 Å². The van der Waals surface area contributed by atoms with Gasteiger partial charge in [0.05, 0.1) is 12.2 Å². The van der Waals surface area contributed by atoms with Gasteiger partial charge in [-0.05, 0) is 29.8 Å². The fourth-order valence-corrected chi connectivity index (χ4v) is 3.47. The van der Waals surface area contributed by atoms with Crippen LogP contribution in [0.3, 0.4) is 0 Å². The Bertz CT molecular complexity index is 959. The van der Waals surface area contributed by atoms with E-state index in [0.717, 1.165) is 11.3 Å². The van der Waals surface area contributed by atoms with Gasteiger partial charge in [0.1, 0.15) is 17.3 Å². The van der Waals surface area contributed by atoms with Crippen LogP contribution in [0.15, 0.2) is 82.6 Å². The smallest absolute Gasteiger partial charge is 0.175 e. The first kappa shape index (κ1) is 17.1. The number of nitrogens with zero attached hydrogens (tertiary/aromatic N) is 1. The molecule has 0 amide bonds. The third-order valence-corrected chi connectivity index (χ3v) is 4.71. The average molecular weight is 360 g/mol. The van der Waals surface area contributed by atoms with E-state index in [2.05, 4.69) is 10.3 Å². The molecule has 0 aliphatic carbocycles. The van der Waals surface area contributed by atoms with Crippen molar-refractivity contribution in [2.75, 3.05) is 13.1 Å². The number of carbonyl (C=O) groups is 1. The van der Waals surface area contributed by atoms with Gasteiger partial charge in [0.25, 0.3) is 0 Å². The lowest BCUT2D eigenvalue weighted by Gasteiger charge is -2.31. The number of ketones is 1. The van der Waals surface area contributed by atoms with Crippen LogP contribution in [-0.4, -0.2) is 24.7 Å². The minimum atomic E-state index is -0.317. The van der Waals surface area contributed by atoms with E-state index in [4.69, 9.17) is 16.2 Å². The molecule has 6 heteroatoms. The summed E-state index contributed by atoms with van der Waals surface area (Å²) in [7, 11) is 0. The maximum absolute atomic E-state index is 12.6. The number of benzene rings is 2. The quantitative estimate of drug-likeness (QED) is 0.779. The molecule has 0 saturated carbocycles. The van der Waals surface area contributed by atoms with E-state index >= 15 is 0 Å². The maximum atomic E-state index is 12.6. The van der Waals surface area contributed by atoms with Crippen LogP contribution in [0.4, 0.5) is 0 Å². The monoisotopic (exact) mass is 360 g/mol. The number of nitrogens with one attached hydrogen (secondary N) is 1. The first-order valence-corrected chi connectivity index (χ1v) is 8.73. The standard InChI is InChI=1S/C21H20N4O2/c22-10-16-19(20-17(25-21(16)23)11-24-12-18(20)26)13-6-8-15(9-7-13)27-14-4-2-1-3-5-14/h1-10,19,24H,11-12,22H2,(H2,23,25)/b16-10-. The zero-order valence-corrected chi connectivity index (χ0v) is 14.7. The second kappa shape index (κ2) is 7.09. The average Bonchev–Trinajstić information content (AvgIpc) is 2.69. The molecule has 0 radical (unpaired) electrons. The third-order valence-electron chi connectivity index (χ3n) is 4.71. The van der Waals surface area contributed by atoms with E-state index < -0.39 is 0 Å². The number of amidine groups is 1. The zero-order valence-electron chi connectivity index (χ0n) is 14.7. The Balaban J connectivity index is 1.69. The van der Waals surface area contributed by atoms with Crippen LogP contribution in [0.2, 0.25) is 0 Å². The van der Waals surface area contributed by atoms with E-state index in [0.29, 0.717) is 35.0 Å². The van der Waals surface area contributed by atoms with Gasteiger partial charge in [0, 0.05) is 29.8 Å². The molecule has 5 N–H and O–H groups in total. The van der Waals surface area contributed by atoms with Crippen LogP contribution in [-0.2, 0) is 4.79 Å². The van der Waals surface area contributed by atoms with Crippen molar-refractivity contribution < 1.29 is 9.53 Å². The van der Waals surface area contributed by atoms with Gasteiger partial charge in [-0.2, -0.15) is 0 Å². The van der Waals surface area contributed by atoms with Crippen molar-refractivity contribution in [2.24, 2.45) is 16.5 Å². The van der Waals surface area contributed by atoms with Crippen LogP contribution in [0.5, 0.6) is 11.5 Å². The normalized spacial score (nSPS) is 21.0. The lowest BCUT2D eigenvalue weighted by Crippen LogP contribution is -2.39. The summed E-state index contributed by atoms with van der Waals surface area (Å²) in [6, 6.07) is 17.2. The van der Waals surface area contributed by atoms with Crippen LogP contribution in [0, 0.1) is 0 Å². The topological polar surface area (TPSA) is 103 Å². The molecule has 2 aliphatic rings. The summed E-state index contributed by atoms with van der Waals surface area (Å²) in [6.45, 7) is 0.809. The molecule has 2 heterocycles. The number of nitrogens with two attached hydrogens (primary N) is 2. The van der Waals surface area contributed by atoms with Crippen molar-refractivity contribution in [2.45, 2.75) is 5.92 Å². The minimum absolute atomic E-state index is 0.0152. The number of hydrogen-bond donors (Lipinski definition) is 3. The summed E-state index contributed by atoms with van der Waals surface area (Å²) in [5, 5.41) is 3.05. The molecule has 1 atom stereocenters. The molecule has 0 aromatic heterocycles. The first-order chi connectivity index (χ1) is 13.2. The molecule has 0 saturated heterocycles. The fraction of sp³-hybridized carbons (Fsp3) is 0.143. The van der Waals surface area contributed by atoms with Crippen molar-refractivity contribution in [3.05, 3.63) is 83.2 Å². The van der Waals surface area contributed by atoms with E-state index in [1.807, 2.05) is 54.6 Å². The van der Waals surface area contributed by atoms with Gasteiger partial charge in [0.2, 0.25) is 0 Å². The highest BCUT2D eigenvalue weighted by Crippen LogP contribution is 2.39. The van der Waals surface area contributed by atoms with Crippen LogP contribution >= 0.6 is 0 Å². The molecule has 2 aromatic carbocycles. The summed E-state index contributed by atoms with van der Waals surface area (Å²) >= 11 is 0. The molecule has 0 bridgehead atoms. The first-order valence-electron chi connectivity index (χ1n) is 8.73. The molecule has 2 aromatic rings. The predicted octanol–water partition coefficient (Wildman–Crippen LogP) is 2.20. The summed E-state index contributed by atoms with van der Waals surface area (Å²) in [4.78, 5) is 16.9. The Morgan fingerprint density at radius 3 is 2.44 bits per heavy atom. The number of aliphatic imine (C=N–C) groups is 1. The van der Waals surface area contributed by atoms with Crippen molar-refractivity contribution in [1.82, 2.24) is 5.32 Å². The molecular weight excluding hydrogens is 340 g/mol. The van der Waals surface area contributed by atoms with Crippen molar-refractivity contribution in [1.29, 1.82) is 0 Å². The van der Waals surface area contributed by atoms with Gasteiger partial charge in [-0.25, -0.2) is 4.99 Å². The van der Waals surface area contributed by atoms with E-state index in [1.54, 1.807) is 0 Å². The Hall–Kier alpha value is -3.38. The van der Waals surface area contributed by atoms with Crippen LogP contribution in [0.1, 0.15) is 11.5 Å². The zero-order chi connectivity index (χ0) is 18.8. The Kier molecular flexibility index (Phi) is 4.48. The highest BCUT2D eigenvalue weighted by molar-refractivity contribution is 6.08. The number of ether oxygens (including phenoxy) is 1. The SMILES string of the molecule is N/C=C1\C(N)=NC2=C(C(=O)CNC2)C1c1ccc(Oc2ccccc2)cc1. The minimum Gasteiger partial charge on any atom is -0.457 e. The number of para-hydroxylation sites is 1. The summed E-state index contributed by atoms with van der Waals surface area (Å²) < 4.78 is 5.85. The molecule has 4 rings (SSSR count). The van der Waals surface area contributed by atoms with E-state index in [1.165, 1.54) is 6.20 Å². The van der Waals surface area contributed by atoms with Crippen LogP contribution in [0.25, 0.3) is 0 Å². The molecule has 2 aliphatic heterocycles. The predicted molar refractivity (Wildman–Crippen MR) is 104 cm³/mol. The van der Waals surface area contributed by atoms with Crippen LogP contribution < -0.4 is 21.5 Å². The molecule has 27 heavy (non-hydrogen) atoms. The molecule has 0 spiro atoms. The highest BCUT2D eigenvalue weighted by atomic mass is 16.5. The molecule has 1 unspecified atom stereocenters. The number of hydrogen-bond acceptors (Lipinski definition) is 6. The Labute approximate surface area is 157 Å². The van der Waals surface area contributed by atoms with Gasteiger partial charge >= 0.3 is 0 Å². The lowest BCUT2D eigenvalue weighted by atomic mass is 9.78. The molecule has 136 valence electrons. The van der Waals surface area contributed by atoms with Gasteiger partial charge in [-0.3, -0.25) is 4.79 Å². The molecule has 6 nitrogen and oxygen atoms in total. The number of rotatable bonds is 3. The Morgan fingerprint density at radius 1 is 1.04 bits per heavy atom. The van der Waals surface area contributed by atoms with Crippen molar-refractivity contribution in [3.63, 3.8) is 0 Å². The summed E-state index contributed by atoms with van der Waals surface area (Å²) in [5.41, 5.74) is 14.9. The fourth-order valence-electron chi connectivity index (χ4n) is 3.47. The Morgan fingerprint density at radius 2 is 1.74 bits per heavy atom. The van der Waals surface area contributed by atoms with Gasteiger partial charge < -0.3 is 21.5 Å². The third kappa shape index (κ3) is 3.22. The summed E-state index contributed by atoms with van der Waals surface area (Å²) in [5.74, 6) is 1.53. The number of Topliss-reactive ketones (excluding diaryl/α,β-unsaturated/α-hetero) is 1. The largest absolute Gasteiger partial charge is 0.457 e. The van der Waals surface area contributed by atoms with Gasteiger partial charge in [0.15, 0.2) is 5.78 Å². The molecular formula is C21H20N4O2. The summed E-state index contributed by atoms with van der Waals surface area (Å²) in [6.07, 6.45) is 1.44. The van der Waals surface area contributed by atoms with Gasteiger partial charge in [-0.15, -0.1) is 0 Å². The van der Waals surface area contributed by atoms with E-state index in [-0.39, 0.29) is 18.2 Å². The van der Waals surface area contributed by atoms with Crippen molar-refractivity contribution in [3.8, 4) is 11.5 Å². The second-order valence-electron chi connectivity index (χ2n) is 6.42. The number of carbonyl (C=O) groups excluding carboxylic acids is 1. The van der Waals surface area contributed by atoms with Gasteiger partial charge in [-0.1, -0.05) is 30.3 Å². The lowest BCUT2D eigenvalue weighted by molar-refractivity contribution is -0.115.